The Bertz CT molecular complexity index is 1170. The molecule has 2 amide bonds. The van der Waals surface area contributed by atoms with Crippen LogP contribution in [-0.4, -0.2) is 30.2 Å². The third-order valence-electron chi connectivity index (χ3n) is 5.09. The van der Waals surface area contributed by atoms with Gasteiger partial charge in [-0.25, -0.2) is 9.78 Å². The molecule has 0 fully saturated rings. The number of hydrogen-bond donors (Lipinski definition) is 3. The first-order chi connectivity index (χ1) is 15.2. The first kappa shape index (κ1) is 20.3. The Kier molecular flexibility index (Phi) is 6.03. The Morgan fingerprint density at radius 2 is 1.77 bits per heavy atom. The van der Waals surface area contributed by atoms with Crippen LogP contribution in [-0.2, 0) is 6.54 Å². The number of rotatable bonds is 7. The zero-order chi connectivity index (χ0) is 21.6. The summed E-state index contributed by atoms with van der Waals surface area (Å²) in [6.07, 6.45) is 1.66. The molecule has 3 aromatic carbocycles. The van der Waals surface area contributed by atoms with E-state index in [9.17, 15) is 4.79 Å². The molecule has 0 spiro atoms. The minimum absolute atomic E-state index is 0.270. The lowest BCUT2D eigenvalue weighted by atomic mass is 9.98. The average Bonchev–Trinajstić information content (AvgIpc) is 3.29. The summed E-state index contributed by atoms with van der Waals surface area (Å²) in [5.41, 5.74) is 4.66. The minimum atomic E-state index is -0.306. The van der Waals surface area contributed by atoms with Crippen molar-refractivity contribution >= 4 is 17.1 Å². The molecule has 4 aromatic rings. The van der Waals surface area contributed by atoms with Crippen LogP contribution < -0.4 is 20.1 Å². The van der Waals surface area contributed by atoms with Crippen LogP contribution in [0.25, 0.3) is 11.0 Å². The summed E-state index contributed by atoms with van der Waals surface area (Å²) in [6, 6.07) is 20.8. The molecule has 7 heteroatoms. The van der Waals surface area contributed by atoms with Gasteiger partial charge < -0.3 is 25.1 Å². The third kappa shape index (κ3) is 4.61. The van der Waals surface area contributed by atoms with Crippen molar-refractivity contribution in [3.05, 3.63) is 89.7 Å². The highest BCUT2D eigenvalue weighted by Crippen LogP contribution is 2.28. The van der Waals surface area contributed by atoms with Gasteiger partial charge >= 0.3 is 6.03 Å². The zero-order valence-electron chi connectivity index (χ0n) is 17.4. The van der Waals surface area contributed by atoms with E-state index < -0.39 is 0 Å². The molecule has 0 unspecified atom stereocenters. The topological polar surface area (TPSA) is 88.3 Å². The summed E-state index contributed by atoms with van der Waals surface area (Å²) in [4.78, 5) is 20.2. The van der Waals surface area contributed by atoms with E-state index in [4.69, 9.17) is 9.47 Å². The molecule has 0 saturated heterocycles. The van der Waals surface area contributed by atoms with E-state index in [1.807, 2.05) is 66.7 Å². The second kappa shape index (κ2) is 9.21. The van der Waals surface area contributed by atoms with Crippen LogP contribution >= 0.6 is 0 Å². The normalized spacial score (nSPS) is 11.7. The molecular weight excluding hydrogens is 392 g/mol. The van der Waals surface area contributed by atoms with Gasteiger partial charge in [-0.1, -0.05) is 42.5 Å². The molecule has 7 nitrogen and oxygen atoms in total. The van der Waals surface area contributed by atoms with Crippen molar-refractivity contribution in [1.82, 2.24) is 20.6 Å². The number of aromatic nitrogens is 2. The van der Waals surface area contributed by atoms with Gasteiger partial charge in [-0.2, -0.15) is 0 Å². The number of carbonyl (C=O) groups excluding carboxylic acids is 1. The number of urea groups is 1. The first-order valence-electron chi connectivity index (χ1n) is 9.91. The number of methoxy groups -OCH3 is 2. The molecule has 0 bridgehead atoms. The Hall–Kier alpha value is -4.00. The lowest BCUT2D eigenvalue weighted by molar-refractivity contribution is 0.238. The summed E-state index contributed by atoms with van der Waals surface area (Å²) in [5.74, 6) is 1.27. The highest BCUT2D eigenvalue weighted by molar-refractivity contribution is 5.77. The molecule has 1 aromatic heterocycles. The summed E-state index contributed by atoms with van der Waals surface area (Å²) in [7, 11) is 3.18. The first-order valence-corrected chi connectivity index (χ1v) is 9.91. The van der Waals surface area contributed by atoms with Crippen molar-refractivity contribution < 1.29 is 14.3 Å². The lowest BCUT2D eigenvalue weighted by Crippen LogP contribution is -2.38. The van der Waals surface area contributed by atoms with Gasteiger partial charge in [0.15, 0.2) is 11.5 Å². The van der Waals surface area contributed by atoms with Crippen molar-refractivity contribution in [2.75, 3.05) is 14.2 Å². The molecule has 158 valence electrons. The molecule has 31 heavy (non-hydrogen) atoms. The van der Waals surface area contributed by atoms with Crippen LogP contribution in [0.3, 0.4) is 0 Å². The molecule has 1 atom stereocenters. The van der Waals surface area contributed by atoms with Gasteiger partial charge in [0.1, 0.15) is 0 Å². The number of carbonyl (C=O) groups is 1. The Morgan fingerprint density at radius 3 is 2.55 bits per heavy atom. The zero-order valence-corrected chi connectivity index (χ0v) is 17.4. The Balaban J connectivity index is 1.51. The fourth-order valence-corrected chi connectivity index (χ4v) is 3.49. The van der Waals surface area contributed by atoms with Crippen LogP contribution in [0.4, 0.5) is 4.79 Å². The minimum Gasteiger partial charge on any atom is -0.493 e. The van der Waals surface area contributed by atoms with E-state index in [-0.39, 0.29) is 12.1 Å². The summed E-state index contributed by atoms with van der Waals surface area (Å²) in [6.45, 7) is 0.354. The van der Waals surface area contributed by atoms with Gasteiger partial charge in [0, 0.05) is 6.54 Å². The largest absolute Gasteiger partial charge is 0.493 e. The van der Waals surface area contributed by atoms with Crippen molar-refractivity contribution in [3.8, 4) is 11.5 Å². The molecular formula is C24H24N4O3. The number of fused-ring (bicyclic) bond motifs is 1. The molecule has 0 saturated carbocycles. The molecule has 3 N–H and O–H groups in total. The Labute approximate surface area is 180 Å². The lowest BCUT2D eigenvalue weighted by Gasteiger charge is -2.20. The summed E-state index contributed by atoms with van der Waals surface area (Å²) >= 11 is 0. The van der Waals surface area contributed by atoms with E-state index in [0.717, 1.165) is 27.7 Å². The summed E-state index contributed by atoms with van der Waals surface area (Å²) in [5, 5.41) is 6.01. The molecule has 0 radical (unpaired) electrons. The van der Waals surface area contributed by atoms with Crippen molar-refractivity contribution in [2.24, 2.45) is 0 Å². The monoisotopic (exact) mass is 416 g/mol. The number of aromatic amines is 1. The van der Waals surface area contributed by atoms with Gasteiger partial charge in [-0.3, -0.25) is 0 Å². The van der Waals surface area contributed by atoms with Crippen LogP contribution in [0, 0.1) is 0 Å². The maximum Gasteiger partial charge on any atom is 0.315 e. The molecule has 0 aliphatic rings. The van der Waals surface area contributed by atoms with Crippen molar-refractivity contribution in [2.45, 2.75) is 12.6 Å². The quantitative estimate of drug-likeness (QED) is 0.422. The standard InChI is InChI=1S/C24H24N4O3/c1-30-21-11-8-16(12-22(21)31-2)14-25-24(29)28-23(17-6-4-3-5-7-17)18-9-10-19-20(13-18)27-15-26-19/h3-13,15,23H,14H2,1-2H3,(H,26,27)(H2,25,28,29)/t23-/m1/s1. The van der Waals surface area contributed by atoms with Gasteiger partial charge in [-0.05, 0) is 41.0 Å². The molecule has 0 aliphatic carbocycles. The highest BCUT2D eigenvalue weighted by atomic mass is 16.5. The second-order valence-corrected chi connectivity index (χ2v) is 7.04. The maximum absolute atomic E-state index is 12.8. The van der Waals surface area contributed by atoms with Crippen LogP contribution in [0.2, 0.25) is 0 Å². The summed E-state index contributed by atoms with van der Waals surface area (Å²) < 4.78 is 10.6. The van der Waals surface area contributed by atoms with E-state index in [2.05, 4.69) is 20.6 Å². The number of amides is 2. The number of imidazole rings is 1. The fourth-order valence-electron chi connectivity index (χ4n) is 3.49. The maximum atomic E-state index is 12.8. The van der Waals surface area contributed by atoms with E-state index >= 15 is 0 Å². The second-order valence-electron chi connectivity index (χ2n) is 7.04. The molecule has 1 heterocycles. The van der Waals surface area contributed by atoms with Gasteiger partial charge in [0.2, 0.25) is 0 Å². The predicted molar refractivity (Wildman–Crippen MR) is 119 cm³/mol. The van der Waals surface area contributed by atoms with E-state index in [0.29, 0.717) is 18.0 Å². The van der Waals surface area contributed by atoms with E-state index in [1.165, 1.54) is 0 Å². The molecule has 4 rings (SSSR count). The number of nitrogens with zero attached hydrogens (tertiary/aromatic N) is 1. The third-order valence-corrected chi connectivity index (χ3v) is 5.09. The number of ether oxygens (including phenoxy) is 2. The fraction of sp³-hybridized carbons (Fsp3) is 0.167. The molecule has 0 aliphatic heterocycles. The van der Waals surface area contributed by atoms with Gasteiger partial charge in [-0.15, -0.1) is 0 Å². The SMILES string of the molecule is COc1ccc(CNC(=O)N[C@H](c2ccccc2)c2ccc3nc[nH]c3c2)cc1OC. The van der Waals surface area contributed by atoms with Gasteiger partial charge in [0.05, 0.1) is 37.6 Å². The van der Waals surface area contributed by atoms with Crippen molar-refractivity contribution in [3.63, 3.8) is 0 Å². The number of hydrogen-bond acceptors (Lipinski definition) is 4. The van der Waals surface area contributed by atoms with Crippen LogP contribution in [0.1, 0.15) is 22.7 Å². The number of benzene rings is 3. The number of nitrogens with one attached hydrogen (secondary N) is 3. The smallest absolute Gasteiger partial charge is 0.315 e. The van der Waals surface area contributed by atoms with Gasteiger partial charge in [0.25, 0.3) is 0 Å². The highest BCUT2D eigenvalue weighted by Gasteiger charge is 2.17. The van der Waals surface area contributed by atoms with Crippen molar-refractivity contribution in [1.29, 1.82) is 0 Å². The number of H-pyrrole nitrogens is 1. The van der Waals surface area contributed by atoms with E-state index in [1.54, 1.807) is 20.5 Å². The Morgan fingerprint density at radius 1 is 0.968 bits per heavy atom. The average molecular weight is 416 g/mol. The van der Waals surface area contributed by atoms with Crippen LogP contribution in [0.15, 0.2) is 73.1 Å². The predicted octanol–water partition coefficient (Wildman–Crippen LogP) is 4.17. The van der Waals surface area contributed by atoms with Crippen LogP contribution in [0.5, 0.6) is 11.5 Å².